The molecule has 1 aliphatic heterocycles. The fourth-order valence-electron chi connectivity index (χ4n) is 3.51. The molecule has 0 radical (unpaired) electrons. The monoisotopic (exact) mass is 552 g/mol. The Balaban J connectivity index is 1.38. The van der Waals surface area contributed by atoms with Crippen molar-refractivity contribution in [3.05, 3.63) is 62.7 Å². The van der Waals surface area contributed by atoms with E-state index in [-0.39, 0.29) is 51.9 Å². The Morgan fingerprint density at radius 3 is 2.46 bits per heavy atom. The van der Waals surface area contributed by atoms with Crippen LogP contribution in [-0.4, -0.2) is 50.5 Å². The molecule has 0 bridgehead atoms. The van der Waals surface area contributed by atoms with Gasteiger partial charge in [0.05, 0.1) is 21.8 Å². The second-order valence-corrected chi connectivity index (χ2v) is 10.0. The first-order valence-corrected chi connectivity index (χ1v) is 12.3. The lowest BCUT2D eigenvalue weighted by Gasteiger charge is -2.26. The van der Waals surface area contributed by atoms with Crippen LogP contribution < -0.4 is 10.6 Å². The number of Topliss-reactive ketones (excluding diaryl/α,β-unsaturated/α-hetero) is 2. The maximum Gasteiger partial charge on any atom is 0.418 e. The number of rotatable bonds is 9. The van der Waals surface area contributed by atoms with Crippen LogP contribution in [0.2, 0.25) is 5.02 Å². The van der Waals surface area contributed by atoms with Crippen LogP contribution >= 0.6 is 22.9 Å². The summed E-state index contributed by atoms with van der Waals surface area (Å²) in [5.41, 5.74) is -0.817. The van der Waals surface area contributed by atoms with Gasteiger partial charge in [0, 0.05) is 25.0 Å². The van der Waals surface area contributed by atoms with E-state index in [9.17, 15) is 27.6 Å². The van der Waals surface area contributed by atoms with E-state index in [4.69, 9.17) is 11.6 Å². The van der Waals surface area contributed by atoms with Gasteiger partial charge in [-0.15, -0.1) is 11.3 Å². The van der Waals surface area contributed by atoms with Gasteiger partial charge in [0.2, 0.25) is 0 Å². The smallest absolute Gasteiger partial charge is 0.316 e. The summed E-state index contributed by atoms with van der Waals surface area (Å²) in [7, 11) is 0. The Labute approximate surface area is 217 Å². The van der Waals surface area contributed by atoms with Crippen molar-refractivity contribution in [3.63, 3.8) is 0 Å². The number of nitrogens with one attached hydrogen (secondary N) is 2. The number of ketones is 2. The molecule has 0 spiro atoms. The first-order valence-electron chi connectivity index (χ1n) is 11.1. The molecule has 0 aliphatic carbocycles. The highest BCUT2D eigenvalue weighted by atomic mass is 35.5. The summed E-state index contributed by atoms with van der Waals surface area (Å²) < 4.78 is 39.1. The van der Waals surface area contributed by atoms with Crippen molar-refractivity contribution in [1.29, 1.82) is 0 Å². The van der Waals surface area contributed by atoms with Crippen LogP contribution in [0.15, 0.2) is 30.9 Å². The summed E-state index contributed by atoms with van der Waals surface area (Å²) in [5.74, 6) is -1.61. The van der Waals surface area contributed by atoms with E-state index in [0.717, 1.165) is 30.6 Å². The van der Waals surface area contributed by atoms with Gasteiger partial charge in [-0.1, -0.05) is 18.5 Å². The van der Waals surface area contributed by atoms with E-state index in [0.29, 0.717) is 17.5 Å². The molecule has 0 saturated carbocycles. The molecule has 37 heavy (non-hydrogen) atoms. The van der Waals surface area contributed by atoms with Crippen molar-refractivity contribution in [2.45, 2.75) is 31.9 Å². The highest BCUT2D eigenvalue weighted by Crippen LogP contribution is 2.35. The largest absolute Gasteiger partial charge is 0.418 e. The molecule has 194 valence electrons. The Bertz CT molecular complexity index is 1350. The fraction of sp³-hybridized carbons (Fsp3) is 0.348. The van der Waals surface area contributed by atoms with Crippen LogP contribution in [0.3, 0.4) is 0 Å². The molecule has 1 saturated heterocycles. The molecular formula is C23H20ClF3N6O3S. The third kappa shape index (κ3) is 6.53. The van der Waals surface area contributed by atoms with Crippen molar-refractivity contribution >= 4 is 46.2 Å². The maximum atomic E-state index is 13.0. The van der Waals surface area contributed by atoms with Crippen LogP contribution in [0.25, 0.3) is 0 Å². The molecule has 3 aromatic rings. The number of alkyl halides is 3. The minimum absolute atomic E-state index is 0.0133. The number of pyridine rings is 1. The van der Waals surface area contributed by atoms with E-state index in [1.165, 1.54) is 18.6 Å². The molecular weight excluding hydrogens is 533 g/mol. The number of hydrogen-bond donors (Lipinski definition) is 2. The molecule has 1 amide bonds. The van der Waals surface area contributed by atoms with E-state index >= 15 is 0 Å². The van der Waals surface area contributed by atoms with Gasteiger partial charge in [0.15, 0.2) is 11.6 Å². The van der Waals surface area contributed by atoms with Gasteiger partial charge < -0.3 is 10.6 Å². The van der Waals surface area contributed by atoms with Gasteiger partial charge in [-0.2, -0.15) is 13.2 Å². The van der Waals surface area contributed by atoms with Crippen molar-refractivity contribution in [2.24, 2.45) is 5.92 Å². The van der Waals surface area contributed by atoms with Gasteiger partial charge in [-0.3, -0.25) is 14.4 Å². The molecule has 4 rings (SSSR count). The third-order valence-electron chi connectivity index (χ3n) is 5.64. The zero-order valence-corrected chi connectivity index (χ0v) is 20.9. The summed E-state index contributed by atoms with van der Waals surface area (Å²) in [6.07, 6.45) is -1.08. The van der Waals surface area contributed by atoms with Crippen molar-refractivity contribution in [2.75, 3.05) is 18.4 Å². The number of carbonyl (C=O) groups excluding carboxylic acids is 3. The van der Waals surface area contributed by atoms with Crippen LogP contribution in [0, 0.1) is 5.92 Å². The number of halogens is 4. The number of anilines is 1. The van der Waals surface area contributed by atoms with Crippen LogP contribution in [0.1, 0.15) is 66.9 Å². The number of carbonyl (C=O) groups is 3. The Morgan fingerprint density at radius 1 is 1.11 bits per heavy atom. The maximum absolute atomic E-state index is 13.0. The number of aromatic nitrogens is 4. The normalized spacial score (nSPS) is 14.6. The molecule has 1 unspecified atom stereocenters. The highest BCUT2D eigenvalue weighted by Gasteiger charge is 2.34. The average molecular weight is 553 g/mol. The van der Waals surface area contributed by atoms with Gasteiger partial charge in [0.1, 0.15) is 28.4 Å². The quantitative estimate of drug-likeness (QED) is 0.373. The topological polar surface area (TPSA) is 127 Å². The lowest BCUT2D eigenvalue weighted by molar-refractivity contribution is -0.137. The third-order valence-corrected chi connectivity index (χ3v) is 7.17. The van der Waals surface area contributed by atoms with Crippen molar-refractivity contribution in [3.8, 4) is 0 Å². The van der Waals surface area contributed by atoms with Gasteiger partial charge >= 0.3 is 6.18 Å². The van der Waals surface area contributed by atoms with E-state index in [1.54, 1.807) is 6.92 Å². The van der Waals surface area contributed by atoms with Crippen LogP contribution in [0.4, 0.5) is 19.0 Å². The number of thiazole rings is 1. The number of nitrogens with zero attached hydrogens (tertiary/aromatic N) is 4. The predicted molar refractivity (Wildman–Crippen MR) is 129 cm³/mol. The zero-order valence-electron chi connectivity index (χ0n) is 19.3. The van der Waals surface area contributed by atoms with Gasteiger partial charge in [-0.05, 0) is 31.1 Å². The summed E-state index contributed by atoms with van der Waals surface area (Å²) in [6.45, 7) is 3.29. The van der Waals surface area contributed by atoms with Crippen molar-refractivity contribution in [1.82, 2.24) is 25.3 Å². The number of amides is 1. The molecule has 1 aliphatic rings. The predicted octanol–water partition coefficient (Wildman–Crippen LogP) is 4.42. The lowest BCUT2D eigenvalue weighted by Crippen LogP contribution is -2.43. The molecule has 2 N–H and O–H groups in total. The Kier molecular flexibility index (Phi) is 7.95. The van der Waals surface area contributed by atoms with E-state index in [1.807, 2.05) is 0 Å². The summed E-state index contributed by atoms with van der Waals surface area (Å²) in [4.78, 5) is 53.7. The molecule has 1 fully saturated rings. The molecule has 3 aromatic heterocycles. The first-order chi connectivity index (χ1) is 17.5. The summed E-state index contributed by atoms with van der Waals surface area (Å²) >= 11 is 6.55. The fourth-order valence-corrected chi connectivity index (χ4v) is 4.59. The van der Waals surface area contributed by atoms with Crippen molar-refractivity contribution < 1.29 is 27.6 Å². The lowest BCUT2D eigenvalue weighted by atomic mass is 9.95. The Hall–Kier alpha value is -3.29. The van der Waals surface area contributed by atoms with Gasteiger partial charge in [-0.25, -0.2) is 19.9 Å². The van der Waals surface area contributed by atoms with Crippen LogP contribution in [0.5, 0.6) is 0 Å². The van der Waals surface area contributed by atoms with Crippen LogP contribution in [-0.2, 0) is 6.18 Å². The summed E-state index contributed by atoms with van der Waals surface area (Å²) in [6, 6.07) is 2.03. The molecule has 9 nitrogen and oxygen atoms in total. The van der Waals surface area contributed by atoms with E-state index in [2.05, 4.69) is 30.6 Å². The average Bonchev–Trinajstić information content (AvgIpc) is 3.32. The summed E-state index contributed by atoms with van der Waals surface area (Å²) in [5, 5.41) is 5.28. The SMILES string of the molecule is CC(CC(=O)c1cc(C(=O)CC2CNC2)ncn1)c1ncc(C(=O)Nc2cc(C(F)(F)F)c(Cl)cn2)s1. The minimum Gasteiger partial charge on any atom is -0.316 e. The molecule has 4 heterocycles. The second-order valence-electron chi connectivity index (χ2n) is 8.53. The molecule has 0 aromatic carbocycles. The van der Waals surface area contributed by atoms with E-state index < -0.39 is 22.7 Å². The minimum atomic E-state index is -4.70. The number of hydrogen-bond acceptors (Lipinski definition) is 9. The highest BCUT2D eigenvalue weighted by molar-refractivity contribution is 7.13. The standard InChI is InChI=1S/C23H20ClF3N6O3S/c1-11(2-17(34)15-5-16(32-10-31-15)18(35)3-12-6-28-7-12)22-30-9-19(37-22)21(36)33-20-4-13(23(25,26)27)14(24)8-29-20/h4-5,8-12,28H,2-3,6-7H2,1H3,(H,29,33,36). The van der Waals surface area contributed by atoms with Gasteiger partial charge in [0.25, 0.3) is 5.91 Å². The Morgan fingerprint density at radius 2 is 1.81 bits per heavy atom. The molecule has 14 heteroatoms. The zero-order chi connectivity index (χ0) is 26.7. The molecule has 1 atom stereocenters. The second kappa shape index (κ2) is 11.0. The first kappa shape index (κ1) is 26.8.